The molecule has 1 rings (SSSR count). The second-order valence-electron chi connectivity index (χ2n) is 3.73. The molecule has 0 unspecified atom stereocenters. The van der Waals surface area contributed by atoms with Gasteiger partial charge in [-0.3, -0.25) is 0 Å². The number of nitrogens with two attached hydrogens (primary N) is 1. The second kappa shape index (κ2) is 6.50. The molecular formula is C10H19N5O2S. The summed E-state index contributed by atoms with van der Waals surface area (Å²) in [6.45, 7) is 4.92. The summed E-state index contributed by atoms with van der Waals surface area (Å²) in [7, 11) is -3.45. The zero-order chi connectivity index (χ0) is 13.6. The number of sulfonamides is 1. The number of rotatable bonds is 7. The quantitative estimate of drug-likeness (QED) is 0.653. The van der Waals surface area contributed by atoms with Crippen molar-refractivity contribution in [2.24, 2.45) is 5.14 Å². The third-order valence-electron chi connectivity index (χ3n) is 2.14. The number of aromatic nitrogens is 2. The third kappa shape index (κ3) is 5.28. The molecule has 0 aliphatic carbocycles. The minimum atomic E-state index is -3.45. The Morgan fingerprint density at radius 2 is 1.83 bits per heavy atom. The monoisotopic (exact) mass is 273 g/mol. The Balaban J connectivity index is 2.72. The highest BCUT2D eigenvalue weighted by Crippen LogP contribution is 2.11. The van der Waals surface area contributed by atoms with Gasteiger partial charge in [-0.25, -0.2) is 23.5 Å². The number of hydrogen-bond acceptors (Lipinski definition) is 6. The molecule has 102 valence electrons. The number of aryl methyl sites for hydroxylation is 1. The van der Waals surface area contributed by atoms with Crippen molar-refractivity contribution in [2.45, 2.75) is 20.3 Å². The molecule has 0 spiro atoms. The zero-order valence-electron chi connectivity index (χ0n) is 10.6. The maximum atomic E-state index is 10.8. The van der Waals surface area contributed by atoms with Gasteiger partial charge in [0.25, 0.3) is 0 Å². The van der Waals surface area contributed by atoms with E-state index in [1.165, 1.54) is 0 Å². The standard InChI is InChI=1S/C10H19N5O2S/c1-3-8-14-9(12-4-2)7-10(15-8)13-5-6-18(11,16)17/h7H,3-6H2,1-2H3,(H2,11,16,17)(H2,12,13,14,15). The molecule has 1 aromatic heterocycles. The molecular weight excluding hydrogens is 254 g/mol. The van der Waals surface area contributed by atoms with Gasteiger partial charge in [0, 0.05) is 25.6 Å². The van der Waals surface area contributed by atoms with Crippen LogP contribution in [0.2, 0.25) is 0 Å². The van der Waals surface area contributed by atoms with Crippen LogP contribution in [0.1, 0.15) is 19.7 Å². The topological polar surface area (TPSA) is 110 Å². The van der Waals surface area contributed by atoms with Gasteiger partial charge in [-0.05, 0) is 6.92 Å². The minimum absolute atomic E-state index is 0.130. The first-order chi connectivity index (χ1) is 8.44. The molecule has 8 heteroatoms. The van der Waals surface area contributed by atoms with Crippen LogP contribution in [0, 0.1) is 0 Å². The molecule has 1 heterocycles. The predicted octanol–water partition coefficient (Wildman–Crippen LogP) is 0.171. The first-order valence-corrected chi connectivity index (χ1v) is 7.52. The Morgan fingerprint density at radius 1 is 1.22 bits per heavy atom. The predicted molar refractivity (Wildman–Crippen MR) is 72.0 cm³/mol. The van der Waals surface area contributed by atoms with Crippen molar-refractivity contribution in [3.8, 4) is 0 Å². The highest BCUT2D eigenvalue weighted by molar-refractivity contribution is 7.89. The molecule has 0 aliphatic rings. The molecule has 0 aromatic carbocycles. The second-order valence-corrected chi connectivity index (χ2v) is 5.47. The van der Waals surface area contributed by atoms with Gasteiger partial charge < -0.3 is 10.6 Å². The summed E-state index contributed by atoms with van der Waals surface area (Å²) >= 11 is 0. The summed E-state index contributed by atoms with van der Waals surface area (Å²) in [6, 6.07) is 1.74. The van der Waals surface area contributed by atoms with Gasteiger partial charge in [0.1, 0.15) is 17.5 Å². The van der Waals surface area contributed by atoms with E-state index in [-0.39, 0.29) is 12.3 Å². The van der Waals surface area contributed by atoms with Crippen molar-refractivity contribution in [1.29, 1.82) is 0 Å². The van der Waals surface area contributed by atoms with E-state index in [1.54, 1.807) is 6.07 Å². The molecule has 18 heavy (non-hydrogen) atoms. The Hall–Kier alpha value is -1.41. The Kier molecular flexibility index (Phi) is 5.29. The van der Waals surface area contributed by atoms with Crippen molar-refractivity contribution in [1.82, 2.24) is 9.97 Å². The molecule has 1 aromatic rings. The molecule has 0 fully saturated rings. The maximum absolute atomic E-state index is 10.8. The minimum Gasteiger partial charge on any atom is -0.370 e. The Bertz CT molecular complexity index is 489. The fraction of sp³-hybridized carbons (Fsp3) is 0.600. The summed E-state index contributed by atoms with van der Waals surface area (Å²) in [5, 5.41) is 10.9. The lowest BCUT2D eigenvalue weighted by molar-refractivity contribution is 0.598. The molecule has 7 nitrogen and oxygen atoms in total. The maximum Gasteiger partial charge on any atom is 0.210 e. The molecule has 0 radical (unpaired) electrons. The van der Waals surface area contributed by atoms with E-state index in [0.29, 0.717) is 18.1 Å². The fourth-order valence-electron chi connectivity index (χ4n) is 1.34. The summed E-state index contributed by atoms with van der Waals surface area (Å²) < 4.78 is 21.6. The number of nitrogens with zero attached hydrogens (tertiary/aromatic N) is 2. The summed E-state index contributed by atoms with van der Waals surface area (Å²) in [4.78, 5) is 8.55. The van der Waals surface area contributed by atoms with Gasteiger partial charge in [-0.2, -0.15) is 0 Å². The van der Waals surface area contributed by atoms with E-state index in [4.69, 9.17) is 5.14 Å². The van der Waals surface area contributed by atoms with Crippen molar-refractivity contribution in [2.75, 3.05) is 29.5 Å². The van der Waals surface area contributed by atoms with E-state index in [9.17, 15) is 8.42 Å². The van der Waals surface area contributed by atoms with Crippen LogP contribution >= 0.6 is 0 Å². The highest BCUT2D eigenvalue weighted by atomic mass is 32.2. The molecule has 0 saturated heterocycles. The van der Waals surface area contributed by atoms with Crippen molar-refractivity contribution in [3.05, 3.63) is 11.9 Å². The van der Waals surface area contributed by atoms with Crippen LogP contribution in [0.4, 0.5) is 11.6 Å². The zero-order valence-corrected chi connectivity index (χ0v) is 11.4. The highest BCUT2D eigenvalue weighted by Gasteiger charge is 2.05. The number of primary sulfonamides is 1. The van der Waals surface area contributed by atoms with E-state index >= 15 is 0 Å². The normalized spacial score (nSPS) is 11.3. The first-order valence-electron chi connectivity index (χ1n) is 5.80. The Labute approximate surface area is 107 Å². The van der Waals surface area contributed by atoms with Crippen molar-refractivity contribution >= 4 is 21.7 Å². The molecule has 4 N–H and O–H groups in total. The van der Waals surface area contributed by atoms with Gasteiger partial charge in [0.05, 0.1) is 5.75 Å². The smallest absolute Gasteiger partial charge is 0.210 e. The molecule has 0 aliphatic heterocycles. The number of anilines is 2. The van der Waals surface area contributed by atoms with Crippen LogP contribution in [0.5, 0.6) is 0 Å². The van der Waals surface area contributed by atoms with E-state index in [2.05, 4.69) is 20.6 Å². The first kappa shape index (κ1) is 14.7. The lowest BCUT2D eigenvalue weighted by Crippen LogP contribution is -2.22. The van der Waals surface area contributed by atoms with Crippen LogP contribution in [-0.2, 0) is 16.4 Å². The third-order valence-corrected chi connectivity index (χ3v) is 2.91. The Morgan fingerprint density at radius 3 is 2.33 bits per heavy atom. The van der Waals surface area contributed by atoms with Crippen LogP contribution in [0.15, 0.2) is 6.07 Å². The average molecular weight is 273 g/mol. The molecule has 0 amide bonds. The lowest BCUT2D eigenvalue weighted by Gasteiger charge is -2.09. The molecule has 0 atom stereocenters. The van der Waals surface area contributed by atoms with Gasteiger partial charge in [0.15, 0.2) is 0 Å². The van der Waals surface area contributed by atoms with Crippen LogP contribution in [0.3, 0.4) is 0 Å². The number of nitrogens with one attached hydrogen (secondary N) is 2. The van der Waals surface area contributed by atoms with Crippen molar-refractivity contribution < 1.29 is 8.42 Å². The van der Waals surface area contributed by atoms with Gasteiger partial charge in [0.2, 0.25) is 10.0 Å². The van der Waals surface area contributed by atoms with Crippen LogP contribution in [-0.4, -0.2) is 37.2 Å². The van der Waals surface area contributed by atoms with E-state index in [0.717, 1.165) is 12.4 Å². The largest absolute Gasteiger partial charge is 0.370 e. The van der Waals surface area contributed by atoms with Crippen LogP contribution in [0.25, 0.3) is 0 Å². The van der Waals surface area contributed by atoms with Crippen molar-refractivity contribution in [3.63, 3.8) is 0 Å². The summed E-state index contributed by atoms with van der Waals surface area (Å²) in [5.74, 6) is 1.89. The van der Waals surface area contributed by atoms with E-state index in [1.807, 2.05) is 13.8 Å². The summed E-state index contributed by atoms with van der Waals surface area (Å²) in [6.07, 6.45) is 0.711. The molecule has 0 saturated carbocycles. The van der Waals surface area contributed by atoms with Gasteiger partial charge in [-0.15, -0.1) is 0 Å². The summed E-state index contributed by atoms with van der Waals surface area (Å²) in [5.41, 5.74) is 0. The number of hydrogen-bond donors (Lipinski definition) is 3. The fourth-order valence-corrected chi connectivity index (χ4v) is 1.73. The average Bonchev–Trinajstić information content (AvgIpc) is 2.27. The van der Waals surface area contributed by atoms with Gasteiger partial charge >= 0.3 is 0 Å². The van der Waals surface area contributed by atoms with E-state index < -0.39 is 10.0 Å². The SMILES string of the molecule is CCNc1cc(NCCS(N)(=O)=O)nc(CC)n1. The van der Waals surface area contributed by atoms with Crippen LogP contribution < -0.4 is 15.8 Å². The molecule has 0 bridgehead atoms. The lowest BCUT2D eigenvalue weighted by atomic mass is 10.4. The van der Waals surface area contributed by atoms with Gasteiger partial charge in [-0.1, -0.05) is 6.92 Å².